The second-order valence-electron chi connectivity index (χ2n) is 4.24. The Bertz CT molecular complexity index is 444. The van der Waals surface area contributed by atoms with E-state index in [1.54, 1.807) is 6.20 Å². The van der Waals surface area contributed by atoms with E-state index in [4.69, 9.17) is 0 Å². The maximum Gasteiger partial charge on any atom is 0.151 e. The zero-order valence-corrected chi connectivity index (χ0v) is 10.1. The third-order valence-corrected chi connectivity index (χ3v) is 4.62. The fourth-order valence-electron chi connectivity index (χ4n) is 2.00. The molecule has 2 rings (SSSR count). The molecular weight excluding hydrogens is 224 g/mol. The van der Waals surface area contributed by atoms with Gasteiger partial charge in [-0.3, -0.25) is 4.98 Å². The summed E-state index contributed by atoms with van der Waals surface area (Å²) in [6.07, 6.45) is 2.46. The molecule has 0 bridgehead atoms. The van der Waals surface area contributed by atoms with Crippen LogP contribution in [0.3, 0.4) is 0 Å². The lowest BCUT2D eigenvalue weighted by Gasteiger charge is -2.17. The van der Waals surface area contributed by atoms with Gasteiger partial charge in [-0.05, 0) is 25.5 Å². The average Bonchev–Trinajstić information content (AvgIpc) is 2.59. The van der Waals surface area contributed by atoms with Crippen molar-refractivity contribution in [1.29, 1.82) is 0 Å². The Morgan fingerprint density at radius 1 is 1.50 bits per heavy atom. The summed E-state index contributed by atoms with van der Waals surface area (Å²) in [6, 6.07) is 5.92. The first kappa shape index (κ1) is 11.5. The van der Waals surface area contributed by atoms with Crippen molar-refractivity contribution in [2.45, 2.75) is 25.4 Å². The molecule has 1 saturated heterocycles. The van der Waals surface area contributed by atoms with Gasteiger partial charge in [0, 0.05) is 18.3 Å². The number of hydrogen-bond donors (Lipinski definition) is 1. The number of hydrogen-bond acceptors (Lipinski definition) is 4. The molecule has 1 aliphatic heterocycles. The molecule has 88 valence electrons. The average molecular weight is 240 g/mol. The third-order valence-electron chi connectivity index (χ3n) is 2.85. The molecule has 0 saturated carbocycles. The molecule has 0 spiro atoms. The van der Waals surface area contributed by atoms with Crippen molar-refractivity contribution in [2.24, 2.45) is 0 Å². The molecule has 1 aliphatic rings. The molecule has 1 aromatic rings. The molecule has 1 aromatic heterocycles. The number of pyridine rings is 1. The van der Waals surface area contributed by atoms with Gasteiger partial charge in [-0.1, -0.05) is 6.07 Å². The van der Waals surface area contributed by atoms with Gasteiger partial charge in [0.15, 0.2) is 9.84 Å². The molecule has 0 aliphatic carbocycles. The second-order valence-corrected chi connectivity index (χ2v) is 6.47. The van der Waals surface area contributed by atoms with Crippen LogP contribution in [0, 0.1) is 0 Å². The van der Waals surface area contributed by atoms with E-state index in [-0.39, 0.29) is 17.8 Å². The van der Waals surface area contributed by atoms with E-state index < -0.39 is 9.84 Å². The summed E-state index contributed by atoms with van der Waals surface area (Å²) in [4.78, 5) is 4.25. The van der Waals surface area contributed by atoms with E-state index in [1.807, 2.05) is 25.1 Å². The lowest BCUT2D eigenvalue weighted by atomic mass is 10.1. The Morgan fingerprint density at radius 3 is 2.88 bits per heavy atom. The molecule has 0 aromatic carbocycles. The van der Waals surface area contributed by atoms with Crippen LogP contribution >= 0.6 is 0 Å². The summed E-state index contributed by atoms with van der Waals surface area (Å²) < 4.78 is 22.6. The summed E-state index contributed by atoms with van der Waals surface area (Å²) in [5.74, 6) is 0.559. The molecule has 0 radical (unpaired) electrons. The predicted octanol–water partition coefficient (Wildman–Crippen LogP) is 0.919. The molecule has 1 unspecified atom stereocenters. The quantitative estimate of drug-likeness (QED) is 0.853. The molecular formula is C11H16N2O2S. The van der Waals surface area contributed by atoms with Crippen molar-refractivity contribution >= 4 is 9.84 Å². The highest BCUT2D eigenvalue weighted by Crippen LogP contribution is 2.16. The normalized spacial score (nSPS) is 25.4. The molecule has 0 amide bonds. The van der Waals surface area contributed by atoms with Crippen LogP contribution in [0.4, 0.5) is 0 Å². The Balaban J connectivity index is 1.96. The minimum absolute atomic E-state index is 0.0713. The monoisotopic (exact) mass is 240 g/mol. The van der Waals surface area contributed by atoms with Crippen LogP contribution in [-0.2, 0) is 9.84 Å². The van der Waals surface area contributed by atoms with Gasteiger partial charge in [-0.2, -0.15) is 0 Å². The van der Waals surface area contributed by atoms with Crippen LogP contribution in [0.1, 0.15) is 25.1 Å². The predicted molar refractivity (Wildman–Crippen MR) is 62.8 cm³/mol. The van der Waals surface area contributed by atoms with E-state index in [0.29, 0.717) is 12.2 Å². The van der Waals surface area contributed by atoms with Crippen molar-refractivity contribution in [3.05, 3.63) is 30.1 Å². The van der Waals surface area contributed by atoms with Crippen molar-refractivity contribution in [3.63, 3.8) is 0 Å². The molecule has 16 heavy (non-hydrogen) atoms. The molecule has 5 heteroatoms. The van der Waals surface area contributed by atoms with Crippen LogP contribution < -0.4 is 5.32 Å². The molecule has 2 atom stereocenters. The highest BCUT2D eigenvalue weighted by Gasteiger charge is 2.28. The first-order valence-electron chi connectivity index (χ1n) is 5.44. The van der Waals surface area contributed by atoms with Crippen molar-refractivity contribution in [3.8, 4) is 0 Å². The van der Waals surface area contributed by atoms with Crippen molar-refractivity contribution in [1.82, 2.24) is 10.3 Å². The number of rotatable bonds is 3. The van der Waals surface area contributed by atoms with E-state index >= 15 is 0 Å². The van der Waals surface area contributed by atoms with Crippen LogP contribution in [0.25, 0.3) is 0 Å². The minimum Gasteiger partial charge on any atom is -0.305 e. The maximum atomic E-state index is 11.3. The highest BCUT2D eigenvalue weighted by atomic mass is 32.2. The second kappa shape index (κ2) is 4.51. The van der Waals surface area contributed by atoms with Crippen molar-refractivity contribution in [2.75, 3.05) is 11.5 Å². The molecule has 4 nitrogen and oxygen atoms in total. The Labute approximate surface area is 96.0 Å². The van der Waals surface area contributed by atoms with Crippen LogP contribution in [0.2, 0.25) is 0 Å². The standard InChI is InChI=1S/C11H16N2O2S/c1-9(11-4-2-3-6-12-11)13-10-5-7-16(14,15)8-10/h2-4,6,9-10,13H,5,7-8H2,1H3/t9-,10?/m0/s1. The summed E-state index contributed by atoms with van der Waals surface area (Å²) in [6.45, 7) is 2.01. The van der Waals surface area contributed by atoms with E-state index in [0.717, 1.165) is 5.69 Å². The van der Waals surface area contributed by atoms with Gasteiger partial charge in [0.05, 0.1) is 17.2 Å². The minimum atomic E-state index is -2.81. The van der Waals surface area contributed by atoms with Gasteiger partial charge in [0.1, 0.15) is 0 Å². The van der Waals surface area contributed by atoms with Crippen molar-refractivity contribution < 1.29 is 8.42 Å². The highest BCUT2D eigenvalue weighted by molar-refractivity contribution is 7.91. The van der Waals surface area contributed by atoms with E-state index in [2.05, 4.69) is 10.3 Å². The first-order chi connectivity index (χ1) is 7.57. The molecule has 2 heterocycles. The van der Waals surface area contributed by atoms with Crippen LogP contribution in [-0.4, -0.2) is 30.9 Å². The van der Waals surface area contributed by atoms with Gasteiger partial charge < -0.3 is 5.32 Å². The lowest BCUT2D eigenvalue weighted by molar-refractivity contribution is 0.477. The third kappa shape index (κ3) is 2.80. The Kier molecular flexibility index (Phi) is 3.25. The Morgan fingerprint density at radius 2 is 2.31 bits per heavy atom. The zero-order chi connectivity index (χ0) is 11.6. The SMILES string of the molecule is C[C@H](NC1CCS(=O)(=O)C1)c1ccccn1. The number of nitrogens with one attached hydrogen (secondary N) is 1. The van der Waals surface area contributed by atoms with E-state index in [1.165, 1.54) is 0 Å². The summed E-state index contributed by atoms with van der Waals surface area (Å²) >= 11 is 0. The van der Waals surface area contributed by atoms with Gasteiger partial charge in [-0.15, -0.1) is 0 Å². The maximum absolute atomic E-state index is 11.3. The van der Waals surface area contributed by atoms with E-state index in [9.17, 15) is 8.42 Å². The number of aromatic nitrogens is 1. The number of nitrogens with zero attached hydrogens (tertiary/aromatic N) is 1. The summed E-state index contributed by atoms with van der Waals surface area (Å²) in [5.41, 5.74) is 0.951. The van der Waals surface area contributed by atoms with Gasteiger partial charge in [0.25, 0.3) is 0 Å². The molecule has 1 N–H and O–H groups in total. The van der Waals surface area contributed by atoms with Gasteiger partial charge in [-0.25, -0.2) is 8.42 Å². The van der Waals surface area contributed by atoms with Gasteiger partial charge in [0.2, 0.25) is 0 Å². The van der Waals surface area contributed by atoms with Crippen LogP contribution in [0.5, 0.6) is 0 Å². The van der Waals surface area contributed by atoms with Crippen LogP contribution in [0.15, 0.2) is 24.4 Å². The smallest absolute Gasteiger partial charge is 0.151 e. The summed E-state index contributed by atoms with van der Waals surface area (Å²) in [7, 11) is -2.81. The summed E-state index contributed by atoms with van der Waals surface area (Å²) in [5, 5.41) is 3.31. The topological polar surface area (TPSA) is 59.1 Å². The van der Waals surface area contributed by atoms with Gasteiger partial charge >= 0.3 is 0 Å². The zero-order valence-electron chi connectivity index (χ0n) is 9.26. The first-order valence-corrected chi connectivity index (χ1v) is 7.26. The lowest BCUT2D eigenvalue weighted by Crippen LogP contribution is -2.32. The Hall–Kier alpha value is -0.940. The molecule has 1 fully saturated rings. The fraction of sp³-hybridized carbons (Fsp3) is 0.545. The largest absolute Gasteiger partial charge is 0.305 e. The fourth-order valence-corrected chi connectivity index (χ4v) is 3.68. The number of sulfone groups is 1.